The van der Waals surface area contributed by atoms with Gasteiger partial charge in [0.1, 0.15) is 0 Å². The zero-order valence-electron chi connectivity index (χ0n) is 13.4. The molecule has 0 unspecified atom stereocenters. The molecule has 1 heterocycles. The van der Waals surface area contributed by atoms with Crippen LogP contribution in [0.15, 0.2) is 35.9 Å². The van der Waals surface area contributed by atoms with Gasteiger partial charge in [0, 0.05) is 49.1 Å². The molecule has 0 aliphatic carbocycles. The Morgan fingerprint density at radius 2 is 1.70 bits per heavy atom. The lowest BCUT2D eigenvalue weighted by Crippen LogP contribution is -2.46. The summed E-state index contributed by atoms with van der Waals surface area (Å²) < 4.78 is 0. The minimum Gasteiger partial charge on any atom is -0.337 e. The van der Waals surface area contributed by atoms with Gasteiger partial charge in [0.15, 0.2) is 5.78 Å². The minimum atomic E-state index is -0.330. The monoisotopic (exact) mass is 315 g/mol. The van der Waals surface area contributed by atoms with Gasteiger partial charge in [0.05, 0.1) is 0 Å². The van der Waals surface area contributed by atoms with E-state index in [-0.39, 0.29) is 17.6 Å². The molecular formula is C17H21N3O3. The zero-order chi connectivity index (χ0) is 16.8. The van der Waals surface area contributed by atoms with E-state index in [1.54, 1.807) is 36.1 Å². The average Bonchev–Trinajstić information content (AvgIpc) is 2.56. The van der Waals surface area contributed by atoms with Crippen molar-refractivity contribution in [2.45, 2.75) is 13.8 Å². The lowest BCUT2D eigenvalue weighted by molar-refractivity contribution is -0.127. The summed E-state index contributed by atoms with van der Waals surface area (Å²) in [5, 5.41) is 5.89. The first-order valence-corrected chi connectivity index (χ1v) is 7.57. The van der Waals surface area contributed by atoms with Crippen LogP contribution in [0.3, 0.4) is 0 Å². The molecule has 1 aromatic rings. The van der Waals surface area contributed by atoms with E-state index < -0.39 is 0 Å². The van der Waals surface area contributed by atoms with Crippen molar-refractivity contribution in [3.05, 3.63) is 41.5 Å². The maximum absolute atomic E-state index is 12.1. The van der Waals surface area contributed by atoms with Crippen LogP contribution in [-0.2, 0) is 9.59 Å². The summed E-state index contributed by atoms with van der Waals surface area (Å²) >= 11 is 0. The Morgan fingerprint density at radius 3 is 2.26 bits per heavy atom. The minimum absolute atomic E-state index is 0.0272. The molecule has 6 nitrogen and oxygen atoms in total. The number of nitrogens with zero attached hydrogens (tertiary/aromatic N) is 1. The molecule has 2 rings (SSSR count). The number of rotatable bonds is 4. The highest BCUT2D eigenvalue weighted by molar-refractivity contribution is 6.07. The standard InChI is InChI=1S/C17H21N3O3/c1-12(11-16(22)20-9-7-18-8-10-20)17(23)19-15-5-3-14(4-6-15)13(2)21/h3-6,11,18H,7-10H2,1-2H3,(H,19,23)/b12-11-. The summed E-state index contributed by atoms with van der Waals surface area (Å²) in [4.78, 5) is 37.1. The van der Waals surface area contributed by atoms with E-state index in [1.807, 2.05) is 0 Å². The third kappa shape index (κ3) is 4.75. The Morgan fingerprint density at radius 1 is 1.09 bits per heavy atom. The first kappa shape index (κ1) is 16.9. The van der Waals surface area contributed by atoms with Gasteiger partial charge in [0.2, 0.25) is 5.91 Å². The van der Waals surface area contributed by atoms with Crippen LogP contribution in [0.1, 0.15) is 24.2 Å². The van der Waals surface area contributed by atoms with Crippen LogP contribution >= 0.6 is 0 Å². The molecule has 0 atom stereocenters. The maximum Gasteiger partial charge on any atom is 0.251 e. The van der Waals surface area contributed by atoms with Gasteiger partial charge in [-0.2, -0.15) is 0 Å². The third-order valence-corrected chi connectivity index (χ3v) is 3.68. The van der Waals surface area contributed by atoms with Crippen molar-refractivity contribution >= 4 is 23.3 Å². The molecule has 2 N–H and O–H groups in total. The van der Waals surface area contributed by atoms with Gasteiger partial charge < -0.3 is 15.5 Å². The van der Waals surface area contributed by atoms with Gasteiger partial charge >= 0.3 is 0 Å². The van der Waals surface area contributed by atoms with Crippen molar-refractivity contribution in [2.75, 3.05) is 31.5 Å². The normalized spacial score (nSPS) is 15.2. The Kier molecular flexibility index (Phi) is 5.65. The van der Waals surface area contributed by atoms with Gasteiger partial charge in [-0.1, -0.05) is 0 Å². The number of ketones is 1. The maximum atomic E-state index is 12.1. The Labute approximate surface area is 135 Å². The lowest BCUT2D eigenvalue weighted by atomic mass is 10.1. The summed E-state index contributed by atoms with van der Waals surface area (Å²) in [6.07, 6.45) is 1.37. The van der Waals surface area contributed by atoms with Crippen LogP contribution in [0.5, 0.6) is 0 Å². The molecule has 0 aromatic heterocycles. The SMILES string of the molecule is CC(=O)c1ccc(NC(=O)/C(C)=C\C(=O)N2CCNCC2)cc1. The second-order valence-corrected chi connectivity index (χ2v) is 5.49. The van der Waals surface area contributed by atoms with Gasteiger partial charge in [-0.3, -0.25) is 14.4 Å². The fourth-order valence-corrected chi connectivity index (χ4v) is 2.25. The molecule has 0 spiro atoms. The number of carbonyl (C=O) groups is 3. The van der Waals surface area contributed by atoms with E-state index in [4.69, 9.17) is 0 Å². The van der Waals surface area contributed by atoms with Crippen molar-refractivity contribution in [3.63, 3.8) is 0 Å². The van der Waals surface area contributed by atoms with Crippen LogP contribution in [0.2, 0.25) is 0 Å². The number of anilines is 1. The van der Waals surface area contributed by atoms with Crippen molar-refractivity contribution in [2.24, 2.45) is 0 Å². The summed E-state index contributed by atoms with van der Waals surface area (Å²) in [6, 6.07) is 6.64. The van der Waals surface area contributed by atoms with E-state index in [0.717, 1.165) is 13.1 Å². The molecule has 1 aromatic carbocycles. The quantitative estimate of drug-likeness (QED) is 0.646. The van der Waals surface area contributed by atoms with E-state index in [9.17, 15) is 14.4 Å². The van der Waals surface area contributed by atoms with E-state index in [0.29, 0.717) is 29.9 Å². The van der Waals surface area contributed by atoms with Crippen molar-refractivity contribution < 1.29 is 14.4 Å². The lowest BCUT2D eigenvalue weighted by Gasteiger charge is -2.26. The second kappa shape index (κ2) is 7.69. The Hall–Kier alpha value is -2.47. The molecule has 2 amide bonds. The van der Waals surface area contributed by atoms with Crippen molar-refractivity contribution in [3.8, 4) is 0 Å². The third-order valence-electron chi connectivity index (χ3n) is 3.68. The molecule has 1 aliphatic rings. The highest BCUT2D eigenvalue weighted by Crippen LogP contribution is 2.11. The second-order valence-electron chi connectivity index (χ2n) is 5.49. The molecule has 1 fully saturated rings. The summed E-state index contributed by atoms with van der Waals surface area (Å²) in [5.74, 6) is -0.504. The zero-order valence-corrected chi connectivity index (χ0v) is 13.4. The first-order valence-electron chi connectivity index (χ1n) is 7.57. The molecule has 0 saturated carbocycles. The molecule has 122 valence electrons. The predicted molar refractivity (Wildman–Crippen MR) is 88.3 cm³/mol. The number of nitrogens with one attached hydrogen (secondary N) is 2. The number of amides is 2. The van der Waals surface area contributed by atoms with Gasteiger partial charge in [0.25, 0.3) is 5.91 Å². The van der Waals surface area contributed by atoms with Crippen LogP contribution in [0.25, 0.3) is 0 Å². The topological polar surface area (TPSA) is 78.5 Å². The molecule has 1 saturated heterocycles. The van der Waals surface area contributed by atoms with Gasteiger partial charge in [-0.15, -0.1) is 0 Å². The smallest absolute Gasteiger partial charge is 0.251 e. The van der Waals surface area contributed by atoms with Crippen LogP contribution in [-0.4, -0.2) is 48.7 Å². The number of carbonyl (C=O) groups excluding carboxylic acids is 3. The number of benzene rings is 1. The first-order chi connectivity index (χ1) is 11.0. The molecule has 0 bridgehead atoms. The number of Topliss-reactive ketones (excluding diaryl/α,β-unsaturated/α-hetero) is 1. The van der Waals surface area contributed by atoms with Crippen molar-refractivity contribution in [1.82, 2.24) is 10.2 Å². The summed E-state index contributed by atoms with van der Waals surface area (Å²) in [6.45, 7) is 5.94. The largest absolute Gasteiger partial charge is 0.337 e. The van der Waals surface area contributed by atoms with Crippen LogP contribution in [0, 0.1) is 0 Å². The van der Waals surface area contributed by atoms with Gasteiger partial charge in [-0.05, 0) is 38.1 Å². The number of hydrogen-bond donors (Lipinski definition) is 2. The van der Waals surface area contributed by atoms with Gasteiger partial charge in [-0.25, -0.2) is 0 Å². The van der Waals surface area contributed by atoms with Crippen molar-refractivity contribution in [1.29, 1.82) is 0 Å². The highest BCUT2D eigenvalue weighted by Gasteiger charge is 2.15. The summed E-state index contributed by atoms with van der Waals surface area (Å²) in [7, 11) is 0. The highest BCUT2D eigenvalue weighted by atomic mass is 16.2. The Bertz CT molecular complexity index is 629. The fraction of sp³-hybridized carbons (Fsp3) is 0.353. The van der Waals surface area contributed by atoms with Crippen LogP contribution in [0.4, 0.5) is 5.69 Å². The van der Waals surface area contributed by atoms with Crippen LogP contribution < -0.4 is 10.6 Å². The van der Waals surface area contributed by atoms with E-state index in [2.05, 4.69) is 10.6 Å². The molecular weight excluding hydrogens is 294 g/mol. The van der Waals surface area contributed by atoms with E-state index in [1.165, 1.54) is 13.0 Å². The molecule has 0 radical (unpaired) electrons. The summed E-state index contributed by atoms with van der Waals surface area (Å²) in [5.41, 5.74) is 1.52. The number of piperazine rings is 1. The molecule has 23 heavy (non-hydrogen) atoms. The fourth-order valence-electron chi connectivity index (χ4n) is 2.25. The molecule has 6 heteroatoms. The predicted octanol–water partition coefficient (Wildman–Crippen LogP) is 1.21. The molecule has 1 aliphatic heterocycles. The Balaban J connectivity index is 1.97. The van der Waals surface area contributed by atoms with E-state index >= 15 is 0 Å². The average molecular weight is 315 g/mol. The number of hydrogen-bond acceptors (Lipinski definition) is 4.